The topological polar surface area (TPSA) is 26.3 Å². The Balaban J connectivity index is 1.85. The molecule has 0 N–H and O–H groups in total. The molecule has 2 saturated carbocycles. The Labute approximate surface area is 173 Å². The zero-order chi connectivity index (χ0) is 20.7. The molecule has 0 heterocycles. The molecular formula is C26H42O2. The fourth-order valence-electron chi connectivity index (χ4n) is 7.87. The summed E-state index contributed by atoms with van der Waals surface area (Å²) in [4.78, 5) is 11.6. The van der Waals surface area contributed by atoms with E-state index in [9.17, 15) is 4.79 Å². The Kier molecular flexibility index (Phi) is 5.92. The van der Waals surface area contributed by atoms with Crippen molar-refractivity contribution in [1.29, 1.82) is 0 Å². The van der Waals surface area contributed by atoms with E-state index < -0.39 is 0 Å². The second kappa shape index (κ2) is 7.65. The Morgan fingerprint density at radius 1 is 1.14 bits per heavy atom. The monoisotopic (exact) mass is 386 g/mol. The summed E-state index contributed by atoms with van der Waals surface area (Å²) in [5.41, 5.74) is 4.08. The molecule has 0 aromatic heterocycles. The molecule has 0 spiro atoms. The van der Waals surface area contributed by atoms with E-state index in [1.807, 2.05) is 0 Å². The standard InChI is InChI=1S/C26H42O2/c1-18(17-23(27)28-7)9-11-20-19(2)10-12-22-25(20,5)16-13-21-24(3,4)14-8-15-26(21,22)6/h10,17,20-22H,8-9,11-16H2,1-7H3/b18-17-/t20-,21-,22+,25+,26+/m1/s1. The van der Waals surface area contributed by atoms with Crippen molar-refractivity contribution in [3.8, 4) is 0 Å². The van der Waals surface area contributed by atoms with Crippen LogP contribution < -0.4 is 0 Å². The van der Waals surface area contributed by atoms with Crippen LogP contribution in [-0.2, 0) is 9.53 Å². The average molecular weight is 387 g/mol. The first kappa shape index (κ1) is 21.7. The van der Waals surface area contributed by atoms with E-state index in [1.54, 1.807) is 11.6 Å². The molecular weight excluding hydrogens is 344 g/mol. The summed E-state index contributed by atoms with van der Waals surface area (Å²) in [6.07, 6.45) is 14.6. The Morgan fingerprint density at radius 2 is 1.86 bits per heavy atom. The van der Waals surface area contributed by atoms with Crippen LogP contribution in [0.1, 0.15) is 92.9 Å². The molecule has 158 valence electrons. The maximum Gasteiger partial charge on any atom is 0.330 e. The number of carbonyl (C=O) groups excluding carboxylic acids is 1. The molecule has 3 aliphatic carbocycles. The fraction of sp³-hybridized carbons (Fsp3) is 0.808. The van der Waals surface area contributed by atoms with E-state index in [0.717, 1.165) is 30.3 Å². The second-order valence-electron chi connectivity index (χ2n) is 11.3. The number of rotatable bonds is 4. The first-order valence-electron chi connectivity index (χ1n) is 11.5. The highest BCUT2D eigenvalue weighted by Gasteiger charge is 2.60. The molecule has 2 nitrogen and oxygen atoms in total. The summed E-state index contributed by atoms with van der Waals surface area (Å²) < 4.78 is 4.80. The van der Waals surface area contributed by atoms with Crippen molar-refractivity contribution in [1.82, 2.24) is 0 Å². The number of esters is 1. The summed E-state index contributed by atoms with van der Waals surface area (Å²) in [7, 11) is 1.45. The van der Waals surface area contributed by atoms with Crippen LogP contribution >= 0.6 is 0 Å². The van der Waals surface area contributed by atoms with Crippen molar-refractivity contribution in [2.24, 2.45) is 34.0 Å². The third-order valence-corrected chi connectivity index (χ3v) is 9.25. The molecule has 0 radical (unpaired) electrons. The summed E-state index contributed by atoms with van der Waals surface area (Å²) >= 11 is 0. The van der Waals surface area contributed by atoms with Crippen molar-refractivity contribution in [2.45, 2.75) is 92.9 Å². The summed E-state index contributed by atoms with van der Waals surface area (Å²) in [6, 6.07) is 0. The number of carbonyl (C=O) groups is 1. The van der Waals surface area contributed by atoms with Crippen molar-refractivity contribution < 1.29 is 9.53 Å². The number of allylic oxidation sites excluding steroid dienone is 3. The molecule has 0 aromatic rings. The van der Waals surface area contributed by atoms with Gasteiger partial charge in [-0.3, -0.25) is 0 Å². The Bertz CT molecular complexity index is 670. The quantitative estimate of drug-likeness (QED) is 0.292. The molecule has 0 unspecified atom stereocenters. The van der Waals surface area contributed by atoms with Gasteiger partial charge in [-0.15, -0.1) is 0 Å². The van der Waals surface area contributed by atoms with Gasteiger partial charge in [0.1, 0.15) is 0 Å². The number of ether oxygens (including phenoxy) is 1. The van der Waals surface area contributed by atoms with Crippen LogP contribution in [0.3, 0.4) is 0 Å². The molecule has 3 aliphatic rings. The Hall–Kier alpha value is -1.05. The second-order valence-corrected chi connectivity index (χ2v) is 11.3. The molecule has 3 rings (SSSR count). The lowest BCUT2D eigenvalue weighted by Gasteiger charge is -2.65. The average Bonchev–Trinajstić information content (AvgIpc) is 2.59. The van der Waals surface area contributed by atoms with Gasteiger partial charge >= 0.3 is 5.97 Å². The number of hydrogen-bond acceptors (Lipinski definition) is 2. The number of hydrogen-bond donors (Lipinski definition) is 0. The van der Waals surface area contributed by atoms with Gasteiger partial charge in [-0.05, 0) is 92.8 Å². The molecule has 0 aliphatic heterocycles. The summed E-state index contributed by atoms with van der Waals surface area (Å²) in [6.45, 7) is 14.7. The predicted octanol–water partition coefficient (Wildman–Crippen LogP) is 7.10. The van der Waals surface area contributed by atoms with Crippen LogP contribution in [0.2, 0.25) is 0 Å². The first-order chi connectivity index (χ1) is 13.0. The summed E-state index contributed by atoms with van der Waals surface area (Å²) in [5.74, 6) is 2.06. The van der Waals surface area contributed by atoms with Crippen molar-refractivity contribution in [3.63, 3.8) is 0 Å². The van der Waals surface area contributed by atoms with Crippen molar-refractivity contribution in [3.05, 3.63) is 23.3 Å². The van der Waals surface area contributed by atoms with Crippen LogP contribution in [-0.4, -0.2) is 13.1 Å². The van der Waals surface area contributed by atoms with E-state index in [4.69, 9.17) is 4.74 Å². The molecule has 5 atom stereocenters. The van der Waals surface area contributed by atoms with Gasteiger partial charge in [0.05, 0.1) is 7.11 Å². The smallest absolute Gasteiger partial charge is 0.330 e. The minimum absolute atomic E-state index is 0.227. The lowest BCUT2D eigenvalue weighted by molar-refractivity contribution is -0.145. The normalized spacial score (nSPS) is 40.2. The highest BCUT2D eigenvalue weighted by molar-refractivity contribution is 5.82. The highest BCUT2D eigenvalue weighted by Crippen LogP contribution is 2.68. The van der Waals surface area contributed by atoms with Crippen LogP contribution in [0, 0.1) is 34.0 Å². The van der Waals surface area contributed by atoms with E-state index in [2.05, 4.69) is 47.6 Å². The molecule has 28 heavy (non-hydrogen) atoms. The highest BCUT2D eigenvalue weighted by atomic mass is 16.5. The van der Waals surface area contributed by atoms with Gasteiger partial charge in [-0.1, -0.05) is 51.3 Å². The fourth-order valence-corrected chi connectivity index (χ4v) is 7.87. The van der Waals surface area contributed by atoms with E-state index in [0.29, 0.717) is 22.2 Å². The van der Waals surface area contributed by atoms with Gasteiger partial charge in [-0.2, -0.15) is 0 Å². The largest absolute Gasteiger partial charge is 0.466 e. The maximum atomic E-state index is 11.6. The van der Waals surface area contributed by atoms with Crippen molar-refractivity contribution in [2.75, 3.05) is 7.11 Å². The van der Waals surface area contributed by atoms with Gasteiger partial charge in [-0.25, -0.2) is 4.79 Å². The number of fused-ring (bicyclic) bond motifs is 3. The van der Waals surface area contributed by atoms with E-state index in [-0.39, 0.29) is 5.97 Å². The SMILES string of the molecule is COC(=O)/C=C(/C)CC[C@@H]1C(C)=CC[C@H]2[C@@]1(C)CC[C@@H]1C(C)(C)CCC[C@]21C. The van der Waals surface area contributed by atoms with Crippen LogP contribution in [0.5, 0.6) is 0 Å². The third kappa shape index (κ3) is 3.61. The zero-order valence-corrected chi connectivity index (χ0v) is 19.4. The molecule has 0 amide bonds. The van der Waals surface area contributed by atoms with Crippen molar-refractivity contribution >= 4 is 5.97 Å². The summed E-state index contributed by atoms with van der Waals surface area (Å²) in [5, 5.41) is 0. The minimum atomic E-state index is -0.227. The van der Waals surface area contributed by atoms with E-state index in [1.165, 1.54) is 45.6 Å². The van der Waals surface area contributed by atoms with Crippen LogP contribution in [0.25, 0.3) is 0 Å². The Morgan fingerprint density at radius 3 is 2.54 bits per heavy atom. The molecule has 0 aromatic carbocycles. The third-order valence-electron chi connectivity index (χ3n) is 9.25. The zero-order valence-electron chi connectivity index (χ0n) is 19.4. The lowest BCUT2D eigenvalue weighted by Crippen LogP contribution is -2.57. The van der Waals surface area contributed by atoms with Gasteiger partial charge < -0.3 is 4.74 Å². The predicted molar refractivity (Wildman–Crippen MR) is 117 cm³/mol. The van der Waals surface area contributed by atoms with Crippen LogP contribution in [0.4, 0.5) is 0 Å². The molecule has 0 saturated heterocycles. The molecule has 2 fully saturated rings. The minimum Gasteiger partial charge on any atom is -0.466 e. The van der Waals surface area contributed by atoms with Gasteiger partial charge in [0.2, 0.25) is 0 Å². The first-order valence-corrected chi connectivity index (χ1v) is 11.5. The molecule has 0 bridgehead atoms. The van der Waals surface area contributed by atoms with Gasteiger partial charge in [0.25, 0.3) is 0 Å². The lowest BCUT2D eigenvalue weighted by atomic mass is 9.39. The van der Waals surface area contributed by atoms with Gasteiger partial charge in [0.15, 0.2) is 0 Å². The van der Waals surface area contributed by atoms with Gasteiger partial charge in [0, 0.05) is 6.08 Å². The van der Waals surface area contributed by atoms with Crippen LogP contribution in [0.15, 0.2) is 23.3 Å². The molecule has 2 heteroatoms. The number of methoxy groups -OCH3 is 1. The van der Waals surface area contributed by atoms with E-state index >= 15 is 0 Å². The maximum absolute atomic E-state index is 11.6.